The van der Waals surface area contributed by atoms with Crippen LogP contribution in [0.5, 0.6) is 0 Å². The van der Waals surface area contributed by atoms with E-state index in [4.69, 9.17) is 5.11 Å². The van der Waals surface area contributed by atoms with Crippen molar-refractivity contribution in [1.82, 2.24) is 0 Å². The van der Waals surface area contributed by atoms with Crippen LogP contribution in [0.2, 0.25) is 0 Å². The van der Waals surface area contributed by atoms with Crippen molar-refractivity contribution < 1.29 is 9.50 Å². The molecule has 1 saturated carbocycles. The van der Waals surface area contributed by atoms with Crippen molar-refractivity contribution in [3.05, 3.63) is 0 Å². The molecule has 0 heterocycles. The maximum atomic E-state index is 12.9. The van der Waals surface area contributed by atoms with Crippen molar-refractivity contribution in [3.8, 4) is 0 Å². The van der Waals surface area contributed by atoms with E-state index in [0.29, 0.717) is 24.7 Å². The summed E-state index contributed by atoms with van der Waals surface area (Å²) in [6.07, 6.45) is 0.517. The summed E-state index contributed by atoms with van der Waals surface area (Å²) in [6.45, 7) is 4.24. The summed E-state index contributed by atoms with van der Waals surface area (Å²) in [5.41, 5.74) is 0. The van der Waals surface area contributed by atoms with Gasteiger partial charge in [0.1, 0.15) is 6.17 Å². The molecule has 0 amide bonds. The van der Waals surface area contributed by atoms with Gasteiger partial charge in [0.05, 0.1) is 6.10 Å². The monoisotopic (exact) mass is 160 g/mol. The standard InChI is InChI=1S/C9H17FO/c1-6(2)7-3-4-9(11)8(10)5-7/h6-9,11H,3-5H2,1-2H3/t7-,8-,9-/m0/s1. The molecule has 66 valence electrons. The van der Waals surface area contributed by atoms with E-state index in [1.807, 2.05) is 0 Å². The molecule has 11 heavy (non-hydrogen) atoms. The normalized spacial score (nSPS) is 39.5. The van der Waals surface area contributed by atoms with E-state index in [1.54, 1.807) is 0 Å². The van der Waals surface area contributed by atoms with Gasteiger partial charge in [0.15, 0.2) is 0 Å². The zero-order valence-corrected chi connectivity index (χ0v) is 7.26. The Kier molecular flexibility index (Phi) is 2.88. The largest absolute Gasteiger partial charge is 0.390 e. The number of halogens is 1. The highest BCUT2D eigenvalue weighted by Gasteiger charge is 2.30. The molecule has 2 heteroatoms. The Labute approximate surface area is 67.6 Å². The second-order valence-electron chi connectivity index (χ2n) is 3.90. The Bertz CT molecular complexity index is 125. The van der Waals surface area contributed by atoms with Gasteiger partial charge in [-0.3, -0.25) is 0 Å². The molecule has 1 aliphatic carbocycles. The molecular formula is C9H17FO. The topological polar surface area (TPSA) is 20.2 Å². The van der Waals surface area contributed by atoms with Gasteiger partial charge < -0.3 is 5.11 Å². The zero-order valence-electron chi connectivity index (χ0n) is 7.26. The lowest BCUT2D eigenvalue weighted by Crippen LogP contribution is -2.32. The smallest absolute Gasteiger partial charge is 0.126 e. The van der Waals surface area contributed by atoms with Gasteiger partial charge >= 0.3 is 0 Å². The van der Waals surface area contributed by atoms with Gasteiger partial charge in [0, 0.05) is 0 Å². The highest BCUT2D eigenvalue weighted by Crippen LogP contribution is 2.31. The minimum absolute atomic E-state index is 0.480. The molecule has 1 N–H and O–H groups in total. The Balaban J connectivity index is 2.40. The van der Waals surface area contributed by atoms with Gasteiger partial charge in [-0.1, -0.05) is 13.8 Å². The van der Waals surface area contributed by atoms with Crippen LogP contribution in [0.3, 0.4) is 0 Å². The molecule has 1 nitrogen and oxygen atoms in total. The number of hydrogen-bond acceptors (Lipinski definition) is 1. The first kappa shape index (κ1) is 8.98. The van der Waals surface area contributed by atoms with E-state index in [9.17, 15) is 4.39 Å². The highest BCUT2D eigenvalue weighted by molar-refractivity contribution is 4.80. The zero-order chi connectivity index (χ0) is 8.43. The predicted molar refractivity (Wildman–Crippen MR) is 43.1 cm³/mol. The van der Waals surface area contributed by atoms with Crippen LogP contribution in [-0.2, 0) is 0 Å². The summed E-state index contributed by atoms with van der Waals surface area (Å²) in [7, 11) is 0. The van der Waals surface area contributed by atoms with E-state index in [2.05, 4.69) is 13.8 Å². The third kappa shape index (κ3) is 2.16. The van der Waals surface area contributed by atoms with Crippen LogP contribution >= 0.6 is 0 Å². The Morgan fingerprint density at radius 3 is 2.45 bits per heavy atom. The van der Waals surface area contributed by atoms with Crippen molar-refractivity contribution >= 4 is 0 Å². The third-order valence-electron chi connectivity index (χ3n) is 2.72. The predicted octanol–water partition coefficient (Wildman–Crippen LogP) is 2.14. The number of alkyl halides is 1. The van der Waals surface area contributed by atoms with Crippen molar-refractivity contribution in [2.75, 3.05) is 0 Å². The summed E-state index contributed by atoms with van der Waals surface area (Å²) >= 11 is 0. The summed E-state index contributed by atoms with van der Waals surface area (Å²) in [5, 5.41) is 9.10. The van der Waals surface area contributed by atoms with E-state index < -0.39 is 12.3 Å². The molecule has 0 aromatic heterocycles. The SMILES string of the molecule is CC(C)[C@H]1CC[C@H](O)[C@@H](F)C1. The average Bonchev–Trinajstić information content (AvgIpc) is 1.94. The lowest BCUT2D eigenvalue weighted by atomic mass is 9.80. The van der Waals surface area contributed by atoms with Crippen LogP contribution in [0.4, 0.5) is 4.39 Å². The van der Waals surface area contributed by atoms with Crippen LogP contribution in [0.25, 0.3) is 0 Å². The maximum Gasteiger partial charge on any atom is 0.126 e. The average molecular weight is 160 g/mol. The molecule has 0 radical (unpaired) electrons. The number of hydrogen-bond donors (Lipinski definition) is 1. The Morgan fingerprint density at radius 1 is 1.36 bits per heavy atom. The van der Waals surface area contributed by atoms with Gasteiger partial charge in [-0.25, -0.2) is 4.39 Å². The van der Waals surface area contributed by atoms with E-state index in [0.717, 1.165) is 6.42 Å². The third-order valence-corrected chi connectivity index (χ3v) is 2.72. The Morgan fingerprint density at radius 2 is 2.00 bits per heavy atom. The van der Waals surface area contributed by atoms with Crippen LogP contribution in [0, 0.1) is 11.8 Å². The lowest BCUT2D eigenvalue weighted by molar-refractivity contribution is 0.0156. The lowest BCUT2D eigenvalue weighted by Gasteiger charge is -2.30. The summed E-state index contributed by atoms with van der Waals surface area (Å²) in [6, 6.07) is 0. The molecule has 0 spiro atoms. The molecule has 1 rings (SSSR count). The van der Waals surface area contributed by atoms with Crippen LogP contribution in [0.15, 0.2) is 0 Å². The number of aliphatic hydroxyl groups excluding tert-OH is 1. The van der Waals surface area contributed by atoms with Gasteiger partial charge in [-0.15, -0.1) is 0 Å². The fraction of sp³-hybridized carbons (Fsp3) is 1.00. The molecular weight excluding hydrogens is 143 g/mol. The fourth-order valence-electron chi connectivity index (χ4n) is 1.74. The first-order chi connectivity index (χ1) is 5.11. The van der Waals surface area contributed by atoms with Crippen LogP contribution in [-0.4, -0.2) is 17.4 Å². The molecule has 0 bridgehead atoms. The number of aliphatic hydroxyl groups is 1. The van der Waals surface area contributed by atoms with E-state index in [-0.39, 0.29) is 0 Å². The molecule has 3 atom stereocenters. The van der Waals surface area contributed by atoms with E-state index in [1.165, 1.54) is 0 Å². The highest BCUT2D eigenvalue weighted by atomic mass is 19.1. The second-order valence-corrected chi connectivity index (χ2v) is 3.90. The quantitative estimate of drug-likeness (QED) is 0.623. The van der Waals surface area contributed by atoms with E-state index >= 15 is 0 Å². The molecule has 0 aromatic rings. The van der Waals surface area contributed by atoms with Gasteiger partial charge in [0.2, 0.25) is 0 Å². The Hall–Kier alpha value is -0.110. The number of rotatable bonds is 1. The minimum atomic E-state index is -0.976. The molecule has 0 unspecified atom stereocenters. The first-order valence-corrected chi connectivity index (χ1v) is 4.43. The van der Waals surface area contributed by atoms with Crippen molar-refractivity contribution in [2.24, 2.45) is 11.8 Å². The van der Waals surface area contributed by atoms with Gasteiger partial charge in [-0.2, -0.15) is 0 Å². The first-order valence-electron chi connectivity index (χ1n) is 4.43. The molecule has 1 fully saturated rings. The van der Waals surface area contributed by atoms with Gasteiger partial charge in [0.25, 0.3) is 0 Å². The molecule has 0 aromatic carbocycles. The van der Waals surface area contributed by atoms with Crippen molar-refractivity contribution in [1.29, 1.82) is 0 Å². The molecule has 1 aliphatic rings. The fourth-order valence-corrected chi connectivity index (χ4v) is 1.74. The summed E-state index contributed by atoms with van der Waals surface area (Å²) < 4.78 is 12.9. The van der Waals surface area contributed by atoms with Crippen molar-refractivity contribution in [2.45, 2.75) is 45.4 Å². The summed E-state index contributed by atoms with van der Waals surface area (Å²) in [4.78, 5) is 0. The second kappa shape index (κ2) is 3.53. The van der Waals surface area contributed by atoms with Gasteiger partial charge in [-0.05, 0) is 31.1 Å². The molecule has 0 aliphatic heterocycles. The summed E-state index contributed by atoms with van der Waals surface area (Å²) in [5.74, 6) is 1.04. The van der Waals surface area contributed by atoms with Crippen LogP contribution in [0.1, 0.15) is 33.1 Å². The molecule has 0 saturated heterocycles. The van der Waals surface area contributed by atoms with Crippen LogP contribution < -0.4 is 0 Å². The maximum absolute atomic E-state index is 12.9. The van der Waals surface area contributed by atoms with Crippen molar-refractivity contribution in [3.63, 3.8) is 0 Å². The minimum Gasteiger partial charge on any atom is -0.390 e.